The molecule has 4 nitrogen and oxygen atoms in total. The van der Waals surface area contributed by atoms with Gasteiger partial charge in [0.15, 0.2) is 0 Å². The summed E-state index contributed by atoms with van der Waals surface area (Å²) in [5.41, 5.74) is 2.80. The maximum absolute atomic E-state index is 13.0. The Morgan fingerprint density at radius 1 is 1.35 bits per heavy atom. The lowest BCUT2D eigenvalue weighted by atomic mass is 10.2. The van der Waals surface area contributed by atoms with Crippen molar-refractivity contribution >= 4 is 0 Å². The van der Waals surface area contributed by atoms with Gasteiger partial charge >= 0.3 is 0 Å². The molecule has 0 unspecified atom stereocenters. The first-order valence-electron chi connectivity index (χ1n) is 5.33. The molecule has 0 saturated heterocycles. The summed E-state index contributed by atoms with van der Waals surface area (Å²) in [6.07, 6.45) is 1.76. The van der Waals surface area contributed by atoms with Crippen LogP contribution in [0.5, 0.6) is 5.75 Å². The molecule has 5 heteroatoms. The molecule has 0 aliphatic rings. The number of rotatable bonds is 4. The molecule has 90 valence electrons. The number of aromatic amines is 1. The quantitative estimate of drug-likeness (QED) is 0.758. The lowest BCUT2D eigenvalue weighted by Crippen LogP contribution is -2.13. The van der Waals surface area contributed by atoms with E-state index in [9.17, 15) is 9.50 Å². The van der Waals surface area contributed by atoms with E-state index in [1.165, 1.54) is 12.1 Å². The van der Waals surface area contributed by atoms with Crippen LogP contribution in [-0.2, 0) is 13.1 Å². The summed E-state index contributed by atoms with van der Waals surface area (Å²) in [4.78, 5) is 0. The number of phenols is 1. The molecule has 0 amide bonds. The fourth-order valence-electron chi connectivity index (χ4n) is 1.63. The van der Waals surface area contributed by atoms with E-state index in [1.807, 2.05) is 6.92 Å². The van der Waals surface area contributed by atoms with E-state index in [0.29, 0.717) is 18.7 Å². The molecule has 0 radical (unpaired) electrons. The first-order chi connectivity index (χ1) is 8.15. The molecule has 1 heterocycles. The van der Waals surface area contributed by atoms with Gasteiger partial charge < -0.3 is 10.4 Å². The lowest BCUT2D eigenvalue weighted by molar-refractivity contribution is 0.467. The third kappa shape index (κ3) is 3.04. The van der Waals surface area contributed by atoms with Crippen molar-refractivity contribution in [2.24, 2.45) is 0 Å². The fraction of sp³-hybridized carbons (Fsp3) is 0.250. The number of hydrogen-bond acceptors (Lipinski definition) is 3. The molecular weight excluding hydrogens is 221 g/mol. The van der Waals surface area contributed by atoms with Crippen LogP contribution in [0.2, 0.25) is 0 Å². The van der Waals surface area contributed by atoms with E-state index < -0.39 is 5.82 Å². The van der Waals surface area contributed by atoms with Gasteiger partial charge in [-0.15, -0.1) is 0 Å². The summed E-state index contributed by atoms with van der Waals surface area (Å²) in [5, 5.41) is 19.2. The predicted octanol–water partition coefficient (Wildman–Crippen LogP) is 1.85. The van der Waals surface area contributed by atoms with Crippen LogP contribution in [0.25, 0.3) is 0 Å². The summed E-state index contributed by atoms with van der Waals surface area (Å²) in [6.45, 7) is 3.09. The molecule has 0 bridgehead atoms. The van der Waals surface area contributed by atoms with Gasteiger partial charge in [0.1, 0.15) is 11.6 Å². The Labute approximate surface area is 98.5 Å². The molecule has 3 N–H and O–H groups in total. The minimum atomic E-state index is -0.429. The average Bonchev–Trinajstić information content (AvgIpc) is 2.63. The van der Waals surface area contributed by atoms with E-state index in [1.54, 1.807) is 6.20 Å². The highest BCUT2D eigenvalue weighted by molar-refractivity contribution is 5.28. The number of aromatic hydroxyl groups is 1. The van der Waals surface area contributed by atoms with Crippen LogP contribution in [-0.4, -0.2) is 15.3 Å². The molecule has 2 aromatic rings. The summed E-state index contributed by atoms with van der Waals surface area (Å²) in [5.74, 6) is -0.484. The number of aromatic nitrogens is 2. The maximum Gasteiger partial charge on any atom is 0.127 e. The number of aryl methyl sites for hydroxylation is 1. The number of nitrogens with one attached hydrogen (secondary N) is 2. The Bertz CT molecular complexity index is 490. The molecule has 0 fully saturated rings. The molecule has 0 aliphatic heterocycles. The standard InChI is InChI=1S/C12H14FN3O/c1-8-10(7-15-16-8)6-14-5-9-2-11(13)4-12(17)3-9/h2-4,7,14,17H,5-6H2,1H3,(H,15,16). The van der Waals surface area contributed by atoms with E-state index in [4.69, 9.17) is 0 Å². The molecule has 2 rings (SSSR count). The third-order valence-corrected chi connectivity index (χ3v) is 2.52. The Hall–Kier alpha value is -1.88. The Morgan fingerprint density at radius 2 is 2.18 bits per heavy atom. The van der Waals surface area contributed by atoms with Gasteiger partial charge in [-0.05, 0) is 24.6 Å². The molecule has 1 aromatic carbocycles. The van der Waals surface area contributed by atoms with Crippen LogP contribution in [0.4, 0.5) is 4.39 Å². The third-order valence-electron chi connectivity index (χ3n) is 2.52. The second-order valence-electron chi connectivity index (χ2n) is 3.94. The van der Waals surface area contributed by atoms with Crippen LogP contribution in [0.1, 0.15) is 16.8 Å². The Morgan fingerprint density at radius 3 is 2.82 bits per heavy atom. The highest BCUT2D eigenvalue weighted by Gasteiger charge is 2.02. The van der Waals surface area contributed by atoms with E-state index in [0.717, 1.165) is 17.3 Å². The van der Waals surface area contributed by atoms with Gasteiger partial charge in [0, 0.05) is 30.4 Å². The highest BCUT2D eigenvalue weighted by atomic mass is 19.1. The average molecular weight is 235 g/mol. The summed E-state index contributed by atoms with van der Waals surface area (Å²) >= 11 is 0. The van der Waals surface area contributed by atoms with Gasteiger partial charge in [0.05, 0.1) is 6.20 Å². The van der Waals surface area contributed by atoms with Gasteiger partial charge in [-0.25, -0.2) is 4.39 Å². The van der Waals surface area contributed by atoms with Crippen molar-refractivity contribution in [3.8, 4) is 5.75 Å². The molecule has 0 spiro atoms. The zero-order valence-electron chi connectivity index (χ0n) is 9.50. The van der Waals surface area contributed by atoms with Crippen molar-refractivity contribution in [3.05, 3.63) is 47.0 Å². The summed E-state index contributed by atoms with van der Waals surface area (Å²) < 4.78 is 13.0. The molecule has 1 aromatic heterocycles. The molecule has 0 aliphatic carbocycles. The number of hydrogen-bond donors (Lipinski definition) is 3. The minimum Gasteiger partial charge on any atom is -0.508 e. The summed E-state index contributed by atoms with van der Waals surface area (Å²) in [7, 11) is 0. The van der Waals surface area contributed by atoms with Crippen molar-refractivity contribution < 1.29 is 9.50 Å². The second-order valence-corrected chi connectivity index (χ2v) is 3.94. The smallest absolute Gasteiger partial charge is 0.127 e. The second kappa shape index (κ2) is 4.97. The molecule has 0 saturated carbocycles. The lowest BCUT2D eigenvalue weighted by Gasteiger charge is -2.05. The highest BCUT2D eigenvalue weighted by Crippen LogP contribution is 2.14. The summed E-state index contributed by atoms with van der Waals surface area (Å²) in [6, 6.07) is 4.02. The maximum atomic E-state index is 13.0. The van der Waals surface area contributed by atoms with Crippen molar-refractivity contribution in [2.75, 3.05) is 0 Å². The number of nitrogens with zero attached hydrogens (tertiary/aromatic N) is 1. The normalized spacial score (nSPS) is 10.7. The zero-order chi connectivity index (χ0) is 12.3. The van der Waals surface area contributed by atoms with Crippen LogP contribution >= 0.6 is 0 Å². The van der Waals surface area contributed by atoms with Gasteiger partial charge in [-0.2, -0.15) is 5.10 Å². The van der Waals surface area contributed by atoms with Crippen LogP contribution in [0.3, 0.4) is 0 Å². The van der Waals surface area contributed by atoms with Crippen molar-refractivity contribution in [2.45, 2.75) is 20.0 Å². The largest absolute Gasteiger partial charge is 0.508 e. The monoisotopic (exact) mass is 235 g/mol. The first kappa shape index (κ1) is 11.6. The van der Waals surface area contributed by atoms with E-state index in [-0.39, 0.29) is 5.75 Å². The van der Waals surface area contributed by atoms with Gasteiger partial charge in [0.2, 0.25) is 0 Å². The molecule has 17 heavy (non-hydrogen) atoms. The van der Waals surface area contributed by atoms with Crippen LogP contribution < -0.4 is 5.32 Å². The first-order valence-corrected chi connectivity index (χ1v) is 5.33. The number of phenolic OH excluding ortho intramolecular Hbond substituents is 1. The van der Waals surface area contributed by atoms with Crippen molar-refractivity contribution in [1.29, 1.82) is 0 Å². The van der Waals surface area contributed by atoms with Gasteiger partial charge in [0.25, 0.3) is 0 Å². The Kier molecular flexibility index (Phi) is 3.39. The minimum absolute atomic E-state index is 0.0544. The van der Waals surface area contributed by atoms with Gasteiger partial charge in [-0.1, -0.05) is 0 Å². The predicted molar refractivity (Wildman–Crippen MR) is 61.9 cm³/mol. The molecular formula is C12H14FN3O. The number of H-pyrrole nitrogens is 1. The fourth-order valence-corrected chi connectivity index (χ4v) is 1.63. The van der Waals surface area contributed by atoms with E-state index >= 15 is 0 Å². The van der Waals surface area contributed by atoms with Crippen molar-refractivity contribution in [3.63, 3.8) is 0 Å². The zero-order valence-corrected chi connectivity index (χ0v) is 9.50. The van der Waals surface area contributed by atoms with Crippen LogP contribution in [0.15, 0.2) is 24.4 Å². The van der Waals surface area contributed by atoms with Crippen molar-refractivity contribution in [1.82, 2.24) is 15.5 Å². The molecule has 0 atom stereocenters. The number of halogens is 1. The SMILES string of the molecule is Cc1[nH]ncc1CNCc1cc(O)cc(F)c1. The topological polar surface area (TPSA) is 60.9 Å². The van der Waals surface area contributed by atoms with E-state index in [2.05, 4.69) is 15.5 Å². The Balaban J connectivity index is 1.92. The van der Waals surface area contributed by atoms with Crippen LogP contribution in [0, 0.1) is 12.7 Å². The van der Waals surface area contributed by atoms with Gasteiger partial charge in [-0.3, -0.25) is 5.10 Å². The number of benzene rings is 1.